The smallest absolute Gasteiger partial charge is 0.344 e. The molecule has 5 heteroatoms. The molecule has 1 heterocycles. The number of carbonyl (C=O) groups excluding carboxylic acids is 1. The fourth-order valence-corrected chi connectivity index (χ4v) is 1.92. The number of nitrogens with two attached hydrogens (primary N) is 1. The summed E-state index contributed by atoms with van der Waals surface area (Å²) in [6.07, 6.45) is 3.60. The summed E-state index contributed by atoms with van der Waals surface area (Å²) in [5.74, 6) is -0.909. The molecule has 0 bridgehead atoms. The zero-order valence-corrected chi connectivity index (χ0v) is 10.6. The van der Waals surface area contributed by atoms with Gasteiger partial charge in [-0.2, -0.15) is 0 Å². The van der Waals surface area contributed by atoms with E-state index in [9.17, 15) is 4.79 Å². The third-order valence-corrected chi connectivity index (χ3v) is 2.72. The number of nitrogens with one attached hydrogen (secondary N) is 2. The van der Waals surface area contributed by atoms with Crippen LogP contribution in [0.1, 0.15) is 18.1 Å². The molecule has 2 rings (SSSR count). The molecule has 5 nitrogen and oxygen atoms in total. The lowest BCUT2D eigenvalue weighted by Gasteiger charge is -2.19. The Balaban J connectivity index is 2.58. The lowest BCUT2D eigenvalue weighted by Crippen LogP contribution is -2.27. The highest BCUT2D eigenvalue weighted by Crippen LogP contribution is 2.25. The summed E-state index contributed by atoms with van der Waals surface area (Å²) in [5, 5.41) is 10.6. The van der Waals surface area contributed by atoms with Crippen molar-refractivity contribution in [1.82, 2.24) is 5.32 Å². The van der Waals surface area contributed by atoms with Crippen LogP contribution in [0.25, 0.3) is 11.8 Å². The van der Waals surface area contributed by atoms with Gasteiger partial charge < -0.3 is 15.8 Å². The van der Waals surface area contributed by atoms with Crippen LogP contribution < -0.4 is 11.1 Å². The molecule has 1 aromatic carbocycles. The van der Waals surface area contributed by atoms with E-state index in [-0.39, 0.29) is 18.0 Å². The number of rotatable bonds is 3. The van der Waals surface area contributed by atoms with Crippen molar-refractivity contribution in [3.05, 3.63) is 47.2 Å². The highest BCUT2D eigenvalue weighted by molar-refractivity contribution is 6.22. The van der Waals surface area contributed by atoms with E-state index in [4.69, 9.17) is 15.9 Å². The molecule has 0 unspecified atom stereocenters. The first kappa shape index (κ1) is 12.9. The Labute approximate surface area is 111 Å². The van der Waals surface area contributed by atoms with Crippen LogP contribution in [0.4, 0.5) is 0 Å². The van der Waals surface area contributed by atoms with E-state index in [2.05, 4.69) is 5.32 Å². The molecule has 98 valence electrons. The van der Waals surface area contributed by atoms with Crippen LogP contribution in [-0.4, -0.2) is 18.4 Å². The lowest BCUT2D eigenvalue weighted by atomic mass is 9.98. The SMILES string of the molecule is CCOC(=O)/C(C(=N)N)=C1\NC=Cc2ccccc21. The normalized spacial score (nSPS) is 15.2. The van der Waals surface area contributed by atoms with E-state index in [0.717, 1.165) is 11.1 Å². The molecule has 0 saturated heterocycles. The number of esters is 1. The van der Waals surface area contributed by atoms with Gasteiger partial charge in [0.2, 0.25) is 0 Å². The maximum atomic E-state index is 11.9. The van der Waals surface area contributed by atoms with Gasteiger partial charge in [0.25, 0.3) is 0 Å². The second-order valence-corrected chi connectivity index (χ2v) is 3.95. The Morgan fingerprint density at radius 1 is 1.42 bits per heavy atom. The average Bonchev–Trinajstić information content (AvgIpc) is 2.39. The lowest BCUT2D eigenvalue weighted by molar-refractivity contribution is -0.137. The molecule has 1 aliphatic heterocycles. The van der Waals surface area contributed by atoms with E-state index >= 15 is 0 Å². The predicted molar refractivity (Wildman–Crippen MR) is 74.1 cm³/mol. The van der Waals surface area contributed by atoms with Gasteiger partial charge in [0.15, 0.2) is 0 Å². The van der Waals surface area contributed by atoms with Crippen LogP contribution in [0, 0.1) is 5.41 Å². The quantitative estimate of drug-likeness (QED) is 0.331. The van der Waals surface area contributed by atoms with Crippen LogP contribution in [0.2, 0.25) is 0 Å². The van der Waals surface area contributed by atoms with E-state index in [1.54, 1.807) is 13.1 Å². The molecule has 1 aromatic rings. The summed E-state index contributed by atoms with van der Waals surface area (Å²) in [6, 6.07) is 7.56. The van der Waals surface area contributed by atoms with Crippen molar-refractivity contribution in [2.24, 2.45) is 5.73 Å². The molecule has 0 saturated carbocycles. The fourth-order valence-electron chi connectivity index (χ4n) is 1.92. The summed E-state index contributed by atoms with van der Waals surface area (Å²) in [6.45, 7) is 1.95. The van der Waals surface area contributed by atoms with E-state index in [1.807, 2.05) is 30.3 Å². The van der Waals surface area contributed by atoms with Gasteiger partial charge in [-0.25, -0.2) is 4.79 Å². The number of ether oxygens (including phenoxy) is 1. The Morgan fingerprint density at radius 3 is 2.84 bits per heavy atom. The molecule has 0 aliphatic carbocycles. The topological polar surface area (TPSA) is 88.2 Å². The van der Waals surface area contributed by atoms with Crippen molar-refractivity contribution in [1.29, 1.82) is 5.41 Å². The van der Waals surface area contributed by atoms with Crippen molar-refractivity contribution >= 4 is 23.6 Å². The number of amidine groups is 1. The van der Waals surface area contributed by atoms with Crippen molar-refractivity contribution in [3.8, 4) is 0 Å². The third kappa shape index (κ3) is 2.49. The van der Waals surface area contributed by atoms with Gasteiger partial charge in [-0.05, 0) is 18.6 Å². The minimum atomic E-state index is -0.595. The molecule has 19 heavy (non-hydrogen) atoms. The van der Waals surface area contributed by atoms with E-state index < -0.39 is 5.97 Å². The van der Waals surface area contributed by atoms with Crippen LogP contribution >= 0.6 is 0 Å². The van der Waals surface area contributed by atoms with Gasteiger partial charge in [0, 0.05) is 11.8 Å². The molecule has 4 N–H and O–H groups in total. The molecule has 0 amide bonds. The molecular weight excluding hydrogens is 242 g/mol. The number of hydrogen-bond acceptors (Lipinski definition) is 4. The van der Waals surface area contributed by atoms with Crippen molar-refractivity contribution in [3.63, 3.8) is 0 Å². The maximum absolute atomic E-state index is 11.9. The Hall–Kier alpha value is -2.56. The van der Waals surface area contributed by atoms with Gasteiger partial charge in [-0.1, -0.05) is 24.3 Å². The van der Waals surface area contributed by atoms with E-state index in [1.165, 1.54) is 0 Å². The Kier molecular flexibility index (Phi) is 3.66. The standard InChI is InChI=1S/C14H15N3O2/c1-2-19-14(18)11(13(15)16)12-10-6-4-3-5-9(10)7-8-17-12/h3-8,17H,2H2,1H3,(H3,15,16)/b12-11-. The highest BCUT2D eigenvalue weighted by atomic mass is 16.5. The first-order valence-electron chi connectivity index (χ1n) is 5.93. The first-order valence-corrected chi connectivity index (χ1v) is 5.93. The zero-order chi connectivity index (χ0) is 13.8. The van der Waals surface area contributed by atoms with Crippen LogP contribution in [0.15, 0.2) is 36.0 Å². The minimum absolute atomic E-state index is 0.0543. The maximum Gasteiger partial charge on any atom is 0.344 e. The summed E-state index contributed by atoms with van der Waals surface area (Å²) < 4.78 is 4.95. The first-order chi connectivity index (χ1) is 9.15. The fraction of sp³-hybridized carbons (Fsp3) is 0.143. The van der Waals surface area contributed by atoms with Gasteiger partial charge in [-0.3, -0.25) is 5.41 Å². The van der Waals surface area contributed by atoms with Crippen LogP contribution in [0.5, 0.6) is 0 Å². The van der Waals surface area contributed by atoms with Crippen LogP contribution in [0.3, 0.4) is 0 Å². The summed E-state index contributed by atoms with van der Waals surface area (Å²) in [7, 11) is 0. The zero-order valence-electron chi connectivity index (χ0n) is 10.6. The summed E-state index contributed by atoms with van der Waals surface area (Å²) in [4.78, 5) is 11.9. The number of carbonyl (C=O) groups is 1. The average molecular weight is 257 g/mol. The van der Waals surface area contributed by atoms with Crippen molar-refractivity contribution in [2.45, 2.75) is 6.92 Å². The third-order valence-electron chi connectivity index (χ3n) is 2.72. The molecule has 0 fully saturated rings. The van der Waals surface area contributed by atoms with Gasteiger partial charge in [0.05, 0.1) is 12.3 Å². The van der Waals surface area contributed by atoms with Gasteiger partial charge in [-0.15, -0.1) is 0 Å². The highest BCUT2D eigenvalue weighted by Gasteiger charge is 2.23. The molecule has 0 radical (unpaired) electrons. The molecule has 1 aliphatic rings. The molecule has 0 atom stereocenters. The molecule has 0 spiro atoms. The molecule has 0 aromatic heterocycles. The van der Waals surface area contributed by atoms with Crippen LogP contribution in [-0.2, 0) is 9.53 Å². The number of hydrogen-bond donors (Lipinski definition) is 3. The monoisotopic (exact) mass is 257 g/mol. The second kappa shape index (κ2) is 5.39. The minimum Gasteiger partial charge on any atom is -0.462 e. The van der Waals surface area contributed by atoms with Crippen molar-refractivity contribution < 1.29 is 9.53 Å². The van der Waals surface area contributed by atoms with Gasteiger partial charge >= 0.3 is 5.97 Å². The number of fused-ring (bicyclic) bond motifs is 1. The Bertz CT molecular complexity index is 588. The predicted octanol–water partition coefficient (Wildman–Crippen LogP) is 1.47. The Morgan fingerprint density at radius 2 is 2.16 bits per heavy atom. The largest absolute Gasteiger partial charge is 0.462 e. The van der Waals surface area contributed by atoms with Gasteiger partial charge in [0.1, 0.15) is 11.4 Å². The van der Waals surface area contributed by atoms with E-state index in [0.29, 0.717) is 5.70 Å². The second-order valence-electron chi connectivity index (χ2n) is 3.95. The number of benzene rings is 1. The molecular formula is C14H15N3O2. The summed E-state index contributed by atoms with van der Waals surface area (Å²) in [5.41, 5.74) is 7.85. The summed E-state index contributed by atoms with van der Waals surface area (Å²) >= 11 is 0. The van der Waals surface area contributed by atoms with Crippen molar-refractivity contribution in [2.75, 3.05) is 6.61 Å².